The summed E-state index contributed by atoms with van der Waals surface area (Å²) in [6.45, 7) is 0.0905. The molecule has 0 aliphatic heterocycles. The number of hydrogen-bond donors (Lipinski definition) is 1. The highest BCUT2D eigenvalue weighted by Gasteiger charge is 2.17. The largest absolute Gasteiger partial charge is 0.452 e. The quantitative estimate of drug-likeness (QED) is 0.561. The van der Waals surface area contributed by atoms with Crippen LogP contribution in [-0.2, 0) is 27.3 Å². The van der Waals surface area contributed by atoms with Gasteiger partial charge in [-0.25, -0.2) is 4.79 Å². The van der Waals surface area contributed by atoms with Gasteiger partial charge in [0, 0.05) is 11.9 Å². The van der Waals surface area contributed by atoms with E-state index in [1.807, 2.05) is 47.8 Å². The lowest BCUT2D eigenvalue weighted by Gasteiger charge is -2.16. The van der Waals surface area contributed by atoms with Crippen LogP contribution in [0.4, 0.5) is 5.69 Å². The number of nitrogens with zero attached hydrogens (tertiary/aromatic N) is 1. The van der Waals surface area contributed by atoms with Gasteiger partial charge < -0.3 is 15.0 Å². The summed E-state index contributed by atoms with van der Waals surface area (Å²) in [7, 11) is 1.66. The topological polar surface area (TPSA) is 75.7 Å². The Hall–Kier alpha value is -3.45. The average Bonchev–Trinajstić information content (AvgIpc) is 3.25. The van der Waals surface area contributed by atoms with E-state index in [2.05, 4.69) is 5.32 Å². The number of benzene rings is 2. The van der Waals surface area contributed by atoms with Crippen LogP contribution < -0.4 is 5.32 Å². The molecule has 0 saturated carbocycles. The Balaban J connectivity index is 1.57. The second kappa shape index (κ2) is 10.4. The van der Waals surface area contributed by atoms with E-state index in [0.29, 0.717) is 12.2 Å². The normalized spacial score (nSPS) is 10.3. The Morgan fingerprint density at radius 2 is 1.70 bits per heavy atom. The number of nitrogens with one attached hydrogen (secondary N) is 1. The average molecular weight is 423 g/mol. The van der Waals surface area contributed by atoms with Crippen LogP contribution in [0.15, 0.2) is 72.1 Å². The van der Waals surface area contributed by atoms with Gasteiger partial charge in [-0.15, -0.1) is 11.3 Å². The van der Waals surface area contributed by atoms with Crippen molar-refractivity contribution in [3.8, 4) is 0 Å². The zero-order chi connectivity index (χ0) is 21.3. The van der Waals surface area contributed by atoms with Gasteiger partial charge in [-0.2, -0.15) is 0 Å². The molecule has 0 fully saturated rings. The van der Waals surface area contributed by atoms with Crippen molar-refractivity contribution in [2.24, 2.45) is 0 Å². The number of carbonyl (C=O) groups excluding carboxylic acids is 3. The van der Waals surface area contributed by atoms with Crippen molar-refractivity contribution in [1.29, 1.82) is 0 Å². The molecule has 1 aromatic heterocycles. The molecule has 30 heavy (non-hydrogen) atoms. The minimum atomic E-state index is -0.663. The Morgan fingerprint density at radius 1 is 0.967 bits per heavy atom. The van der Waals surface area contributed by atoms with Gasteiger partial charge in [-0.05, 0) is 29.1 Å². The SMILES string of the molecule is CN(Cc1cccs1)C(=O)COC(=O)c1ccccc1NC(=O)Cc1ccccc1. The van der Waals surface area contributed by atoms with Crippen molar-refractivity contribution in [3.63, 3.8) is 0 Å². The minimum absolute atomic E-state index is 0.191. The smallest absolute Gasteiger partial charge is 0.340 e. The second-order valence-corrected chi connectivity index (χ2v) is 7.69. The van der Waals surface area contributed by atoms with E-state index < -0.39 is 5.97 Å². The summed E-state index contributed by atoms with van der Waals surface area (Å²) in [4.78, 5) is 39.7. The maximum atomic E-state index is 12.5. The van der Waals surface area contributed by atoms with Gasteiger partial charge >= 0.3 is 5.97 Å². The van der Waals surface area contributed by atoms with Crippen LogP contribution in [0, 0.1) is 0 Å². The van der Waals surface area contributed by atoms with Crippen LogP contribution in [0.1, 0.15) is 20.8 Å². The lowest BCUT2D eigenvalue weighted by atomic mass is 10.1. The van der Waals surface area contributed by atoms with Gasteiger partial charge in [-0.3, -0.25) is 9.59 Å². The van der Waals surface area contributed by atoms with Crippen LogP contribution in [-0.4, -0.2) is 36.3 Å². The maximum Gasteiger partial charge on any atom is 0.340 e. The molecule has 154 valence electrons. The van der Waals surface area contributed by atoms with Crippen LogP contribution in [0.2, 0.25) is 0 Å². The van der Waals surface area contributed by atoms with Gasteiger partial charge in [0.25, 0.3) is 5.91 Å². The first kappa shape index (κ1) is 21.3. The van der Waals surface area contributed by atoms with E-state index in [9.17, 15) is 14.4 Å². The Kier molecular flexibility index (Phi) is 7.34. The molecule has 0 unspecified atom stereocenters. The van der Waals surface area contributed by atoms with E-state index in [4.69, 9.17) is 4.74 Å². The fraction of sp³-hybridized carbons (Fsp3) is 0.174. The monoisotopic (exact) mass is 422 g/mol. The number of ether oxygens (including phenoxy) is 1. The first-order chi connectivity index (χ1) is 14.5. The van der Waals surface area contributed by atoms with E-state index in [1.54, 1.807) is 42.6 Å². The Bertz CT molecular complexity index is 1000. The van der Waals surface area contributed by atoms with Crippen molar-refractivity contribution in [1.82, 2.24) is 4.90 Å². The molecule has 7 heteroatoms. The number of amides is 2. The predicted molar refractivity (Wildman–Crippen MR) is 116 cm³/mol. The number of carbonyl (C=O) groups is 3. The number of likely N-dealkylation sites (N-methyl/N-ethyl adjacent to an activating group) is 1. The fourth-order valence-electron chi connectivity index (χ4n) is 2.79. The van der Waals surface area contributed by atoms with Crippen LogP contribution in [0.5, 0.6) is 0 Å². The zero-order valence-electron chi connectivity index (χ0n) is 16.5. The zero-order valence-corrected chi connectivity index (χ0v) is 17.4. The van der Waals surface area contributed by atoms with Gasteiger partial charge in [0.15, 0.2) is 6.61 Å². The second-order valence-electron chi connectivity index (χ2n) is 6.66. The molecule has 0 radical (unpaired) electrons. The Morgan fingerprint density at radius 3 is 2.43 bits per heavy atom. The molecule has 1 N–H and O–H groups in total. The molecule has 0 bridgehead atoms. The molecule has 0 aliphatic carbocycles. The summed E-state index contributed by atoms with van der Waals surface area (Å²) in [5, 5.41) is 4.69. The third-order valence-corrected chi connectivity index (χ3v) is 5.22. The summed E-state index contributed by atoms with van der Waals surface area (Å²) in [6, 6.07) is 19.8. The standard InChI is InChI=1S/C23H22N2O4S/c1-25(15-18-10-7-13-30-18)22(27)16-29-23(28)19-11-5-6-12-20(19)24-21(26)14-17-8-3-2-4-9-17/h2-13H,14-16H2,1H3,(H,24,26). The third kappa shape index (κ3) is 6.02. The van der Waals surface area contributed by atoms with Gasteiger partial charge in [0.2, 0.25) is 5.91 Å². The molecule has 1 heterocycles. The minimum Gasteiger partial charge on any atom is -0.452 e. The van der Waals surface area contributed by atoms with Crippen molar-refractivity contribution in [2.45, 2.75) is 13.0 Å². The molecule has 0 aliphatic rings. The number of esters is 1. The molecule has 3 aromatic rings. The summed E-state index contributed by atoms with van der Waals surface area (Å²) < 4.78 is 5.19. The molecule has 6 nitrogen and oxygen atoms in total. The summed E-state index contributed by atoms with van der Waals surface area (Å²) >= 11 is 1.56. The number of rotatable bonds is 8. The van der Waals surface area contributed by atoms with Crippen molar-refractivity contribution in [3.05, 3.63) is 88.1 Å². The predicted octanol–water partition coefficient (Wildman–Crippen LogP) is 3.74. The maximum absolute atomic E-state index is 12.5. The van der Waals surface area contributed by atoms with E-state index in [-0.39, 0.29) is 30.4 Å². The molecular weight excluding hydrogens is 400 g/mol. The number of anilines is 1. The first-order valence-electron chi connectivity index (χ1n) is 9.39. The van der Waals surface area contributed by atoms with E-state index >= 15 is 0 Å². The molecular formula is C23H22N2O4S. The number of hydrogen-bond acceptors (Lipinski definition) is 5. The molecule has 3 rings (SSSR count). The van der Waals surface area contributed by atoms with Crippen molar-refractivity contribution >= 4 is 34.8 Å². The van der Waals surface area contributed by atoms with Gasteiger partial charge in [0.05, 0.1) is 24.2 Å². The molecule has 0 atom stereocenters. The van der Waals surface area contributed by atoms with Crippen LogP contribution in [0.3, 0.4) is 0 Å². The molecule has 2 amide bonds. The summed E-state index contributed by atoms with van der Waals surface area (Å²) in [5.41, 5.74) is 1.42. The van der Waals surface area contributed by atoms with Crippen LogP contribution >= 0.6 is 11.3 Å². The van der Waals surface area contributed by atoms with Gasteiger partial charge in [0.1, 0.15) is 0 Å². The highest BCUT2D eigenvalue weighted by Crippen LogP contribution is 2.17. The van der Waals surface area contributed by atoms with E-state index in [0.717, 1.165) is 10.4 Å². The first-order valence-corrected chi connectivity index (χ1v) is 10.3. The van der Waals surface area contributed by atoms with Crippen LogP contribution in [0.25, 0.3) is 0 Å². The fourth-order valence-corrected chi connectivity index (χ4v) is 3.54. The van der Waals surface area contributed by atoms with Crippen molar-refractivity contribution in [2.75, 3.05) is 19.0 Å². The molecule has 0 spiro atoms. The third-order valence-electron chi connectivity index (χ3n) is 4.35. The van der Waals surface area contributed by atoms with Gasteiger partial charge in [-0.1, -0.05) is 48.5 Å². The lowest BCUT2D eigenvalue weighted by Crippen LogP contribution is -2.30. The van der Waals surface area contributed by atoms with Crippen molar-refractivity contribution < 1.29 is 19.1 Å². The highest BCUT2D eigenvalue weighted by molar-refractivity contribution is 7.09. The van der Waals surface area contributed by atoms with E-state index in [1.165, 1.54) is 4.90 Å². The Labute approximate surface area is 179 Å². The molecule has 0 saturated heterocycles. The lowest BCUT2D eigenvalue weighted by molar-refractivity contribution is -0.133. The summed E-state index contributed by atoms with van der Waals surface area (Å²) in [6.07, 6.45) is 0.191. The molecule has 2 aromatic carbocycles. The number of thiophene rings is 1. The highest BCUT2D eigenvalue weighted by atomic mass is 32.1. The number of para-hydroxylation sites is 1. The summed E-state index contributed by atoms with van der Waals surface area (Å²) in [5.74, 6) is -1.21.